The maximum atomic E-state index is 6.14. The molecule has 304 valence electrons. The first-order valence-corrected chi connectivity index (χ1v) is 20.7. The Morgan fingerprint density at radius 1 is 0.672 bits per heavy atom. The predicted octanol–water partition coefficient (Wildman–Crippen LogP) is 11.3. The number of nitrogens with two attached hydrogens (primary N) is 1. The van der Waals surface area contributed by atoms with Crippen molar-refractivity contribution in [2.75, 3.05) is 24.4 Å². The number of nitrogens with one attached hydrogen (secondary N) is 3. The van der Waals surface area contributed by atoms with Crippen LogP contribution in [-0.4, -0.2) is 48.3 Å². The van der Waals surface area contributed by atoms with Crippen molar-refractivity contribution >= 4 is 40.1 Å². The van der Waals surface area contributed by atoms with Crippen molar-refractivity contribution in [2.24, 2.45) is 0 Å². The number of benzene rings is 5. The molecule has 0 saturated carbocycles. The summed E-state index contributed by atoms with van der Waals surface area (Å²) in [5, 5.41) is 4.78. The van der Waals surface area contributed by atoms with Crippen molar-refractivity contribution in [3.63, 3.8) is 0 Å². The molecule has 12 nitrogen and oxygen atoms in total. The first-order valence-electron chi connectivity index (χ1n) is 19.4. The number of nitrogens with zero attached hydrogens (tertiary/aromatic N) is 5. The van der Waals surface area contributed by atoms with E-state index in [4.69, 9.17) is 19.9 Å². The number of aromatic amines is 2. The van der Waals surface area contributed by atoms with Gasteiger partial charge in [-0.2, -0.15) is 4.98 Å². The van der Waals surface area contributed by atoms with Crippen LogP contribution >= 0.6 is 11.8 Å². The molecule has 0 spiro atoms. The molecule has 61 heavy (non-hydrogen) atoms. The smallest absolute Gasteiger partial charge is 0.225 e. The van der Waals surface area contributed by atoms with Crippen LogP contribution in [0.1, 0.15) is 22.5 Å². The number of aryl methyl sites for hydroxylation is 2. The highest BCUT2D eigenvalue weighted by atomic mass is 32.2. The van der Waals surface area contributed by atoms with Crippen LogP contribution in [0.4, 0.5) is 17.5 Å². The molecule has 4 heterocycles. The van der Waals surface area contributed by atoms with E-state index in [0.29, 0.717) is 28.6 Å². The van der Waals surface area contributed by atoms with E-state index in [1.807, 2.05) is 97.4 Å². The van der Waals surface area contributed by atoms with Crippen molar-refractivity contribution in [3.05, 3.63) is 168 Å². The fourth-order valence-electron chi connectivity index (χ4n) is 6.54. The summed E-state index contributed by atoms with van der Waals surface area (Å²) in [4.78, 5) is 28.5. The second kappa shape index (κ2) is 18.5. The van der Waals surface area contributed by atoms with Crippen LogP contribution in [0, 0.1) is 13.8 Å². The lowest BCUT2D eigenvalue weighted by molar-refractivity contribution is 0.415. The van der Waals surface area contributed by atoms with Crippen LogP contribution in [0.15, 0.2) is 151 Å². The Morgan fingerprint density at radius 2 is 1.36 bits per heavy atom. The van der Waals surface area contributed by atoms with Gasteiger partial charge >= 0.3 is 0 Å². The van der Waals surface area contributed by atoms with Gasteiger partial charge in [0.15, 0.2) is 5.16 Å². The van der Waals surface area contributed by atoms with Crippen molar-refractivity contribution < 1.29 is 14.2 Å². The molecule has 9 rings (SSSR count). The summed E-state index contributed by atoms with van der Waals surface area (Å²) < 4.78 is 17.2. The topological polar surface area (TPSA) is 162 Å². The van der Waals surface area contributed by atoms with E-state index in [0.717, 1.165) is 68.6 Å². The molecule has 0 atom stereocenters. The molecule has 0 fully saturated rings. The first kappa shape index (κ1) is 40.2. The lowest BCUT2D eigenvalue weighted by Gasteiger charge is -2.10. The molecule has 0 unspecified atom stereocenters. The third kappa shape index (κ3) is 10.3. The minimum atomic E-state index is 0.377. The van der Waals surface area contributed by atoms with Crippen LogP contribution in [0.3, 0.4) is 0 Å². The minimum absolute atomic E-state index is 0.377. The third-order valence-electron chi connectivity index (χ3n) is 9.51. The Hall–Kier alpha value is -7.64. The molecule has 5 N–H and O–H groups in total. The summed E-state index contributed by atoms with van der Waals surface area (Å²) in [5.41, 5.74) is 15.2. The SMILES string of the molecule is COc1ccc2c(Oc3ccc(-c4cnc(Cc5cccc(C)c5)[nH]4)cc3)ccnc2c1.CSc1nc(N)cc(Oc2ccc(-c3cnc(Nc4cccc(C)c4)[nH]3)cc2)n1. The van der Waals surface area contributed by atoms with E-state index in [-0.39, 0.29) is 0 Å². The Kier molecular flexibility index (Phi) is 12.2. The molecule has 5 aromatic carbocycles. The lowest BCUT2D eigenvalue weighted by Crippen LogP contribution is -1.97. The van der Waals surface area contributed by atoms with E-state index in [2.05, 4.69) is 90.5 Å². The number of imidazole rings is 2. The highest BCUT2D eigenvalue weighted by Gasteiger charge is 2.10. The molecule has 0 amide bonds. The molecule has 0 aliphatic carbocycles. The third-order valence-corrected chi connectivity index (χ3v) is 10.1. The number of rotatable bonds is 12. The summed E-state index contributed by atoms with van der Waals surface area (Å²) >= 11 is 1.41. The van der Waals surface area contributed by atoms with Gasteiger partial charge < -0.3 is 35.2 Å². The molecular formula is C48H43N9O3S. The van der Waals surface area contributed by atoms with Gasteiger partial charge in [0.25, 0.3) is 0 Å². The van der Waals surface area contributed by atoms with Gasteiger partial charge in [-0.1, -0.05) is 53.7 Å². The fraction of sp³-hybridized carbons (Fsp3) is 0.104. The number of fused-ring (bicyclic) bond motifs is 1. The maximum Gasteiger partial charge on any atom is 0.225 e. The zero-order valence-corrected chi connectivity index (χ0v) is 34.8. The number of thioether (sulfide) groups is 1. The van der Waals surface area contributed by atoms with Crippen LogP contribution in [0.25, 0.3) is 33.4 Å². The van der Waals surface area contributed by atoms with Gasteiger partial charge in [0.2, 0.25) is 11.8 Å². The van der Waals surface area contributed by atoms with Gasteiger partial charge in [0.05, 0.1) is 36.4 Å². The maximum absolute atomic E-state index is 6.14. The monoisotopic (exact) mass is 825 g/mol. The Morgan fingerprint density at radius 3 is 2.08 bits per heavy atom. The fourth-order valence-corrected chi connectivity index (χ4v) is 6.92. The Balaban J connectivity index is 0.000000169. The Bertz CT molecular complexity index is 2900. The van der Waals surface area contributed by atoms with E-state index in [9.17, 15) is 0 Å². The number of methoxy groups -OCH3 is 1. The molecule has 0 radical (unpaired) electrons. The number of ether oxygens (including phenoxy) is 3. The second-order valence-electron chi connectivity index (χ2n) is 14.1. The van der Waals surface area contributed by atoms with Crippen LogP contribution in [0.5, 0.6) is 28.9 Å². The molecule has 0 saturated heterocycles. The Labute approximate surface area is 357 Å². The van der Waals surface area contributed by atoms with Crippen molar-refractivity contribution in [1.82, 2.24) is 34.9 Å². The van der Waals surface area contributed by atoms with E-state index < -0.39 is 0 Å². The molecule has 9 aromatic rings. The number of hydrogen-bond donors (Lipinski definition) is 4. The van der Waals surface area contributed by atoms with Gasteiger partial charge in [-0.25, -0.2) is 15.0 Å². The van der Waals surface area contributed by atoms with Crippen LogP contribution in [0.2, 0.25) is 0 Å². The second-order valence-corrected chi connectivity index (χ2v) is 14.9. The largest absolute Gasteiger partial charge is 0.497 e. The summed E-state index contributed by atoms with van der Waals surface area (Å²) in [7, 11) is 1.65. The highest BCUT2D eigenvalue weighted by Crippen LogP contribution is 2.32. The number of anilines is 3. The van der Waals surface area contributed by atoms with Crippen molar-refractivity contribution in [1.29, 1.82) is 0 Å². The molecule has 0 bridgehead atoms. The van der Waals surface area contributed by atoms with Crippen LogP contribution in [-0.2, 0) is 6.42 Å². The van der Waals surface area contributed by atoms with Gasteiger partial charge in [-0.05, 0) is 121 Å². The molecular weight excluding hydrogens is 783 g/mol. The van der Waals surface area contributed by atoms with Crippen molar-refractivity contribution in [2.45, 2.75) is 25.4 Å². The molecule has 4 aromatic heterocycles. The predicted molar refractivity (Wildman–Crippen MR) is 243 cm³/mol. The first-order chi connectivity index (χ1) is 29.8. The number of aromatic nitrogens is 7. The number of hydrogen-bond acceptors (Lipinski definition) is 11. The van der Waals surface area contributed by atoms with Crippen LogP contribution < -0.4 is 25.3 Å². The van der Waals surface area contributed by atoms with Gasteiger partial charge in [-0.3, -0.25) is 4.98 Å². The van der Waals surface area contributed by atoms with E-state index in [1.54, 1.807) is 25.6 Å². The average Bonchev–Trinajstić information content (AvgIpc) is 3.94. The summed E-state index contributed by atoms with van der Waals surface area (Å²) in [6.07, 6.45) is 8.09. The average molecular weight is 826 g/mol. The normalized spacial score (nSPS) is 10.8. The summed E-state index contributed by atoms with van der Waals surface area (Å²) in [6, 6.07) is 41.5. The summed E-state index contributed by atoms with van der Waals surface area (Å²) in [5.74, 6) is 5.38. The summed E-state index contributed by atoms with van der Waals surface area (Å²) in [6.45, 7) is 4.16. The van der Waals surface area contributed by atoms with E-state index >= 15 is 0 Å². The number of H-pyrrole nitrogens is 2. The van der Waals surface area contributed by atoms with Gasteiger partial charge in [0.1, 0.15) is 34.6 Å². The number of nitrogen functional groups attached to an aromatic ring is 1. The zero-order valence-electron chi connectivity index (χ0n) is 34.0. The van der Waals surface area contributed by atoms with Gasteiger partial charge in [-0.15, -0.1) is 0 Å². The highest BCUT2D eigenvalue weighted by molar-refractivity contribution is 7.98. The van der Waals surface area contributed by atoms with E-state index in [1.165, 1.54) is 28.5 Å². The minimum Gasteiger partial charge on any atom is -0.497 e. The molecule has 0 aliphatic rings. The lowest BCUT2D eigenvalue weighted by atomic mass is 10.1. The van der Waals surface area contributed by atoms with Crippen molar-refractivity contribution in [3.8, 4) is 51.4 Å². The molecule has 13 heteroatoms. The van der Waals surface area contributed by atoms with Gasteiger partial charge in [0, 0.05) is 35.8 Å². The zero-order chi connectivity index (χ0) is 42.1. The molecule has 0 aliphatic heterocycles. The number of pyridine rings is 1. The quantitative estimate of drug-likeness (QED) is 0.0685. The standard InChI is InChI=1S/C27H23N3O2.C21H20N6OS/c1-18-4-3-5-19(14-18)15-27-29-17-25(30-27)20-6-8-21(9-7-20)32-26-12-13-28-24-16-22(31-2)10-11-23(24)26;1-13-4-3-5-15(10-13)24-20-23-12-17(25-20)14-6-8-16(9-7-14)28-19-11-18(22)26-21(27-19)29-2/h3-14,16-17H,15H2,1-2H3,(H,29,30);3-12H,1-2H3,(H2,22,26,27)(H2,23,24,25).